The third kappa shape index (κ3) is 7.26. The molecule has 2 aliphatic rings. The van der Waals surface area contributed by atoms with E-state index in [9.17, 15) is 32.3 Å². The molecule has 296 valence electrons. The summed E-state index contributed by atoms with van der Waals surface area (Å²) in [5, 5.41) is 5.27. The number of benzene rings is 3. The van der Waals surface area contributed by atoms with Crippen LogP contribution in [0.5, 0.6) is 5.75 Å². The molecule has 13 nitrogen and oxygen atoms in total. The van der Waals surface area contributed by atoms with Crippen LogP contribution in [0.25, 0.3) is 32.6 Å². The average molecular weight is 869 g/mol. The number of piperazine rings is 1. The zero-order valence-corrected chi connectivity index (χ0v) is 32.7. The van der Waals surface area contributed by atoms with Crippen molar-refractivity contribution < 1.29 is 41.8 Å². The molecular weight excluding hydrogens is 835 g/mol. The summed E-state index contributed by atoms with van der Waals surface area (Å²) in [6.07, 6.45) is -4.17. The van der Waals surface area contributed by atoms with E-state index in [0.717, 1.165) is 17.9 Å². The van der Waals surface area contributed by atoms with Crippen LogP contribution in [-0.4, -0.2) is 101 Å². The summed E-state index contributed by atoms with van der Waals surface area (Å²) in [6, 6.07) is 17.3. The first-order valence-corrected chi connectivity index (χ1v) is 18.7. The number of halogens is 5. The van der Waals surface area contributed by atoms with Crippen LogP contribution in [0.4, 0.5) is 29.3 Å². The first-order valence-electron chi connectivity index (χ1n) is 17.5. The number of methoxy groups -OCH3 is 1. The van der Waals surface area contributed by atoms with Gasteiger partial charge in [0.2, 0.25) is 0 Å². The molecule has 18 heteroatoms. The zero-order valence-electron chi connectivity index (χ0n) is 30.3. The van der Waals surface area contributed by atoms with E-state index >= 15 is 0 Å². The van der Waals surface area contributed by atoms with Crippen molar-refractivity contribution in [2.75, 3.05) is 62.4 Å². The Hall–Kier alpha value is -5.65. The molecule has 6 aromatic rings. The smallest absolute Gasteiger partial charge is 0.432 e. The van der Waals surface area contributed by atoms with Gasteiger partial charge in [0, 0.05) is 83.6 Å². The Balaban J connectivity index is 0.00000496. The molecule has 0 radical (unpaired) electrons. The predicted octanol–water partition coefficient (Wildman–Crippen LogP) is 7.56. The fourth-order valence-corrected chi connectivity index (χ4v) is 7.87. The van der Waals surface area contributed by atoms with Crippen molar-refractivity contribution in [1.82, 2.24) is 24.8 Å². The number of carbonyl (C=O) groups is 4. The van der Waals surface area contributed by atoms with Crippen LogP contribution in [0.15, 0.2) is 66.9 Å². The summed E-state index contributed by atoms with van der Waals surface area (Å²) in [4.78, 5) is 68.6. The SMILES string of the molecule is COC(=O)c1c(C(F)(F)F)[nH]c2c(OC(=O)N3CCN(C)CC3)cc3c(c12)C(CBr)CN3C(=O)c1cc2cc(NC(=O)c3cc4ccccc4cn3)ccc2[nH]1.Cl. The van der Waals surface area contributed by atoms with E-state index in [-0.39, 0.29) is 63.6 Å². The highest BCUT2D eigenvalue weighted by atomic mass is 79.9. The van der Waals surface area contributed by atoms with Gasteiger partial charge in [-0.15, -0.1) is 12.4 Å². The molecule has 3 amide bonds. The number of hydrogen-bond acceptors (Lipinski definition) is 8. The molecule has 3 aromatic heterocycles. The molecule has 0 spiro atoms. The topological polar surface area (TPSA) is 153 Å². The second-order valence-corrected chi connectivity index (χ2v) is 14.4. The second kappa shape index (κ2) is 15.4. The molecule has 0 saturated carbocycles. The van der Waals surface area contributed by atoms with Gasteiger partial charge in [-0.05, 0) is 48.3 Å². The second-order valence-electron chi connectivity index (χ2n) is 13.7. The number of ether oxygens (including phenoxy) is 2. The van der Waals surface area contributed by atoms with Crippen LogP contribution >= 0.6 is 28.3 Å². The molecule has 3 N–H and O–H groups in total. The Morgan fingerprint density at radius 2 is 1.70 bits per heavy atom. The highest BCUT2D eigenvalue weighted by Gasteiger charge is 2.44. The Kier molecular flexibility index (Phi) is 10.7. The lowest BCUT2D eigenvalue weighted by Crippen LogP contribution is -2.48. The van der Waals surface area contributed by atoms with Gasteiger partial charge in [-0.1, -0.05) is 40.2 Å². The van der Waals surface area contributed by atoms with E-state index in [1.807, 2.05) is 36.2 Å². The number of pyridine rings is 1. The lowest BCUT2D eigenvalue weighted by molar-refractivity contribution is -0.141. The van der Waals surface area contributed by atoms with Crippen LogP contribution in [0.3, 0.4) is 0 Å². The lowest BCUT2D eigenvalue weighted by Gasteiger charge is -2.31. The number of esters is 1. The quantitative estimate of drug-likeness (QED) is 0.115. The average Bonchev–Trinajstić information content (AvgIpc) is 3.91. The zero-order chi connectivity index (χ0) is 39.5. The number of rotatable bonds is 6. The normalized spacial score (nSPS) is 15.8. The number of nitrogens with zero attached hydrogens (tertiary/aromatic N) is 4. The third-order valence-electron chi connectivity index (χ3n) is 10.2. The Morgan fingerprint density at radius 3 is 2.40 bits per heavy atom. The van der Waals surface area contributed by atoms with Crippen LogP contribution in [0, 0.1) is 0 Å². The molecule has 1 saturated heterocycles. The highest BCUT2D eigenvalue weighted by Crippen LogP contribution is 2.50. The third-order valence-corrected chi connectivity index (χ3v) is 11.0. The number of fused-ring (bicyclic) bond motifs is 5. The predicted molar refractivity (Wildman–Crippen MR) is 213 cm³/mol. The summed E-state index contributed by atoms with van der Waals surface area (Å²) in [5.74, 6) is -3.06. The molecule has 1 fully saturated rings. The van der Waals surface area contributed by atoms with E-state index in [1.54, 1.807) is 36.5 Å². The molecule has 1 unspecified atom stereocenters. The van der Waals surface area contributed by atoms with Gasteiger partial charge >= 0.3 is 18.2 Å². The number of nitrogens with one attached hydrogen (secondary N) is 3. The van der Waals surface area contributed by atoms with Gasteiger partial charge in [-0.25, -0.2) is 9.59 Å². The summed E-state index contributed by atoms with van der Waals surface area (Å²) in [7, 11) is 2.88. The molecule has 0 bridgehead atoms. The van der Waals surface area contributed by atoms with E-state index in [4.69, 9.17) is 9.47 Å². The first-order chi connectivity index (χ1) is 26.8. The maximum atomic E-state index is 14.5. The molecule has 57 heavy (non-hydrogen) atoms. The minimum absolute atomic E-state index is 0. The van der Waals surface area contributed by atoms with Crippen molar-refractivity contribution in [3.63, 3.8) is 0 Å². The van der Waals surface area contributed by atoms with Gasteiger partial charge in [0.25, 0.3) is 11.8 Å². The van der Waals surface area contributed by atoms with E-state index < -0.39 is 47.2 Å². The number of anilines is 2. The van der Waals surface area contributed by atoms with Crippen molar-refractivity contribution in [2.24, 2.45) is 0 Å². The van der Waals surface area contributed by atoms with Gasteiger partial charge in [0.15, 0.2) is 5.75 Å². The van der Waals surface area contributed by atoms with Crippen molar-refractivity contribution >= 4 is 96.2 Å². The Labute approximate surface area is 337 Å². The molecule has 5 heterocycles. The summed E-state index contributed by atoms with van der Waals surface area (Å²) in [6.45, 7) is 1.82. The number of alkyl halides is 4. The Morgan fingerprint density at radius 1 is 0.965 bits per heavy atom. The van der Waals surface area contributed by atoms with Crippen LogP contribution < -0.4 is 15.0 Å². The highest BCUT2D eigenvalue weighted by molar-refractivity contribution is 9.09. The standard InChI is InChI=1S/C39H33BrF3N7O6.ClH/c1-48-9-11-49(12-10-48)38(54)56-29-16-28-30(31-32(37(53)55-2)34(39(41,42)43)47-33(29)31)23(17-40)19-50(28)36(52)27-15-22-13-24(7-8-25(22)46-27)45-35(51)26-14-20-5-3-4-6-21(20)18-44-26;/h3-8,13-16,18,23,46-47H,9-12,17,19H2,1-2H3,(H,45,51);1H. The van der Waals surface area contributed by atoms with Gasteiger partial charge in [-0.3, -0.25) is 14.6 Å². The molecule has 0 aliphatic carbocycles. The fourth-order valence-electron chi connectivity index (χ4n) is 7.34. The lowest BCUT2D eigenvalue weighted by atomic mass is 9.95. The number of H-pyrrole nitrogens is 2. The minimum atomic E-state index is -5.01. The number of carbonyl (C=O) groups excluding carboxylic acids is 4. The number of hydrogen-bond donors (Lipinski definition) is 3. The van der Waals surface area contributed by atoms with Crippen LogP contribution in [0.2, 0.25) is 0 Å². The van der Waals surface area contributed by atoms with Crippen molar-refractivity contribution in [1.29, 1.82) is 0 Å². The molecule has 3 aromatic carbocycles. The van der Waals surface area contributed by atoms with E-state index in [2.05, 4.69) is 36.2 Å². The maximum absolute atomic E-state index is 14.5. The number of likely N-dealkylation sites (N-methyl/N-ethyl adjacent to an activating group) is 1. The molecule has 8 rings (SSSR count). The first kappa shape index (κ1) is 39.6. The van der Waals surface area contributed by atoms with Gasteiger partial charge in [0.05, 0.1) is 23.9 Å². The maximum Gasteiger partial charge on any atom is 0.432 e. The minimum Gasteiger partial charge on any atom is -0.465 e. The number of aromatic nitrogens is 3. The summed E-state index contributed by atoms with van der Waals surface area (Å²) in [5.41, 5.74) is -0.503. The largest absolute Gasteiger partial charge is 0.465 e. The van der Waals surface area contributed by atoms with E-state index in [1.165, 1.54) is 15.9 Å². The molecule has 2 aliphatic heterocycles. The van der Waals surface area contributed by atoms with Crippen molar-refractivity contribution in [3.8, 4) is 5.75 Å². The van der Waals surface area contributed by atoms with Gasteiger partial charge in [0.1, 0.15) is 17.1 Å². The number of amides is 3. The van der Waals surface area contributed by atoms with Crippen molar-refractivity contribution in [2.45, 2.75) is 12.1 Å². The fraction of sp³-hybridized carbons (Fsp3) is 0.256. The van der Waals surface area contributed by atoms with Crippen molar-refractivity contribution in [3.05, 3.63) is 95.1 Å². The Bertz CT molecular complexity index is 2590. The monoisotopic (exact) mass is 867 g/mol. The van der Waals surface area contributed by atoms with Crippen LogP contribution in [-0.2, 0) is 10.9 Å². The molecular formula is C39H34BrClF3N7O6. The molecule has 1 atom stereocenters. The summed E-state index contributed by atoms with van der Waals surface area (Å²) < 4.78 is 54.3. The van der Waals surface area contributed by atoms with Gasteiger partial charge in [-0.2, -0.15) is 13.2 Å². The summed E-state index contributed by atoms with van der Waals surface area (Å²) >= 11 is 3.46. The number of aromatic amines is 2. The van der Waals surface area contributed by atoms with E-state index in [0.29, 0.717) is 42.8 Å². The van der Waals surface area contributed by atoms with Crippen LogP contribution in [0.1, 0.15) is 48.5 Å². The van der Waals surface area contributed by atoms with Gasteiger partial charge < -0.3 is 39.5 Å².